The molecule has 0 N–H and O–H groups in total. The van der Waals surface area contributed by atoms with Crippen LogP contribution in [0.1, 0.15) is 0 Å². The van der Waals surface area contributed by atoms with Crippen molar-refractivity contribution < 1.29 is 4.42 Å². The highest BCUT2D eigenvalue weighted by Crippen LogP contribution is 2.44. The van der Waals surface area contributed by atoms with Gasteiger partial charge in [-0.2, -0.15) is 0 Å². The zero-order valence-corrected chi connectivity index (χ0v) is 27.9. The van der Waals surface area contributed by atoms with Gasteiger partial charge in [-0.3, -0.25) is 0 Å². The lowest BCUT2D eigenvalue weighted by molar-refractivity contribution is 0.631. The fraction of sp³-hybridized carbons (Fsp3) is 0. The Labute approximate surface area is 296 Å². The average molecular weight is 649 g/mol. The maximum Gasteiger partial charge on any atom is 0.135 e. The summed E-state index contributed by atoms with van der Waals surface area (Å²) >= 11 is 0. The summed E-state index contributed by atoms with van der Waals surface area (Å²) in [5, 5.41) is 8.67. The molecule has 9 aromatic carbocycles. The van der Waals surface area contributed by atoms with E-state index in [4.69, 9.17) is 4.42 Å². The van der Waals surface area contributed by atoms with E-state index in [-0.39, 0.29) is 0 Å². The van der Waals surface area contributed by atoms with Crippen LogP contribution in [0.3, 0.4) is 0 Å². The molecule has 0 spiro atoms. The molecule has 238 valence electrons. The Bertz CT molecular complexity index is 2810. The predicted octanol–water partition coefficient (Wildman–Crippen LogP) is 14.2. The van der Waals surface area contributed by atoms with Crippen LogP contribution in [0, 0.1) is 0 Å². The molecule has 1 nitrogen and oxygen atoms in total. The van der Waals surface area contributed by atoms with E-state index >= 15 is 0 Å². The fourth-order valence-corrected chi connectivity index (χ4v) is 7.84. The van der Waals surface area contributed by atoms with Gasteiger partial charge in [-0.15, -0.1) is 0 Å². The van der Waals surface area contributed by atoms with Gasteiger partial charge >= 0.3 is 0 Å². The van der Waals surface area contributed by atoms with Gasteiger partial charge in [0, 0.05) is 10.9 Å². The highest BCUT2D eigenvalue weighted by atomic mass is 16.3. The highest BCUT2D eigenvalue weighted by Gasteiger charge is 2.17. The van der Waals surface area contributed by atoms with Crippen molar-refractivity contribution in [3.05, 3.63) is 194 Å². The summed E-state index contributed by atoms with van der Waals surface area (Å²) in [6.45, 7) is 0. The van der Waals surface area contributed by atoms with E-state index in [1.807, 2.05) is 18.2 Å². The van der Waals surface area contributed by atoms with Crippen LogP contribution in [-0.2, 0) is 0 Å². The number of fused-ring (bicyclic) bond motifs is 4. The lowest BCUT2D eigenvalue weighted by Gasteiger charge is -2.18. The molecule has 0 fully saturated rings. The van der Waals surface area contributed by atoms with E-state index in [9.17, 15) is 0 Å². The Morgan fingerprint density at radius 1 is 0.275 bits per heavy atom. The first-order valence-electron chi connectivity index (χ1n) is 17.5. The van der Waals surface area contributed by atoms with Gasteiger partial charge in [0.25, 0.3) is 0 Å². The van der Waals surface area contributed by atoms with Crippen LogP contribution < -0.4 is 0 Å². The van der Waals surface area contributed by atoms with Crippen molar-refractivity contribution in [1.29, 1.82) is 0 Å². The third-order valence-corrected chi connectivity index (χ3v) is 10.3. The maximum absolute atomic E-state index is 6.19. The lowest BCUT2D eigenvalue weighted by Crippen LogP contribution is -1.91. The third-order valence-electron chi connectivity index (χ3n) is 10.3. The van der Waals surface area contributed by atoms with Gasteiger partial charge in [0.1, 0.15) is 11.3 Å². The molecule has 0 atom stereocenters. The Morgan fingerprint density at radius 2 is 0.765 bits per heavy atom. The molecule has 1 heterocycles. The van der Waals surface area contributed by atoms with Gasteiger partial charge < -0.3 is 4.42 Å². The van der Waals surface area contributed by atoms with Crippen molar-refractivity contribution in [3.63, 3.8) is 0 Å². The molecule has 0 aliphatic carbocycles. The number of rotatable bonds is 5. The second-order valence-corrected chi connectivity index (χ2v) is 13.3. The van der Waals surface area contributed by atoms with E-state index in [2.05, 4.69) is 176 Å². The monoisotopic (exact) mass is 648 g/mol. The van der Waals surface area contributed by atoms with E-state index in [1.165, 1.54) is 76.8 Å². The smallest absolute Gasteiger partial charge is 0.135 e. The normalized spacial score (nSPS) is 11.5. The topological polar surface area (TPSA) is 13.1 Å². The molecule has 0 amide bonds. The zero-order chi connectivity index (χ0) is 33.7. The quantitative estimate of drug-likeness (QED) is 0.169. The first-order chi connectivity index (χ1) is 25.3. The van der Waals surface area contributed by atoms with Crippen LogP contribution in [0.2, 0.25) is 0 Å². The van der Waals surface area contributed by atoms with Crippen LogP contribution in [0.15, 0.2) is 199 Å². The minimum Gasteiger partial charge on any atom is -0.456 e. The van der Waals surface area contributed by atoms with Crippen LogP contribution in [0.5, 0.6) is 0 Å². The van der Waals surface area contributed by atoms with E-state index in [1.54, 1.807) is 0 Å². The van der Waals surface area contributed by atoms with Crippen molar-refractivity contribution in [2.45, 2.75) is 0 Å². The summed E-state index contributed by atoms with van der Waals surface area (Å²) in [5.41, 5.74) is 11.8. The lowest BCUT2D eigenvalue weighted by atomic mass is 9.85. The van der Waals surface area contributed by atoms with Crippen LogP contribution >= 0.6 is 0 Å². The van der Waals surface area contributed by atoms with Gasteiger partial charge in [0.15, 0.2) is 0 Å². The number of benzene rings is 9. The van der Waals surface area contributed by atoms with Gasteiger partial charge in [-0.05, 0) is 95.0 Å². The zero-order valence-electron chi connectivity index (χ0n) is 27.9. The van der Waals surface area contributed by atoms with Crippen LogP contribution in [0.4, 0.5) is 0 Å². The molecule has 0 bridgehead atoms. The molecule has 0 saturated carbocycles. The van der Waals surface area contributed by atoms with Crippen LogP contribution in [0.25, 0.3) is 99.1 Å². The number of furan rings is 1. The Hall–Kier alpha value is -6.70. The summed E-state index contributed by atoms with van der Waals surface area (Å²) in [6.07, 6.45) is 0. The molecule has 0 radical (unpaired) electrons. The molecule has 1 aromatic heterocycles. The van der Waals surface area contributed by atoms with Gasteiger partial charge in [-0.25, -0.2) is 0 Å². The SMILES string of the molecule is c1ccc(-c2cc3cc(-c4ccc(-c5c6ccccc6c(-c6ccc(-c7cccc8ccccc78)cc6)c6ccccc56)cc4)ccc3o2)cc1. The standard InChI is InChI=1S/C50H32O/c1-2-12-36(13-3-1)48-32-40-31-39(29-30-47(40)51-48)33-21-25-37(26-22-33)49-43-16-6-8-18-45(43)50(46-19-9-7-17-44(46)49)38-27-23-35(24-28-38)42-20-10-14-34-11-4-5-15-41(34)42/h1-32H. The van der Waals surface area contributed by atoms with Gasteiger partial charge in [0.05, 0.1) is 0 Å². The van der Waals surface area contributed by atoms with Crippen molar-refractivity contribution in [2.24, 2.45) is 0 Å². The molecule has 1 heteroatoms. The molecule has 10 rings (SSSR count). The van der Waals surface area contributed by atoms with E-state index in [0.717, 1.165) is 22.3 Å². The van der Waals surface area contributed by atoms with E-state index < -0.39 is 0 Å². The molecular formula is C50H32O. The second-order valence-electron chi connectivity index (χ2n) is 13.3. The largest absolute Gasteiger partial charge is 0.456 e. The van der Waals surface area contributed by atoms with Crippen molar-refractivity contribution >= 4 is 43.3 Å². The minimum atomic E-state index is 0.890. The maximum atomic E-state index is 6.19. The summed E-state index contributed by atoms with van der Waals surface area (Å²) in [6, 6.07) is 70.0. The number of hydrogen-bond donors (Lipinski definition) is 0. The number of hydrogen-bond acceptors (Lipinski definition) is 1. The molecule has 0 unspecified atom stereocenters. The molecule has 51 heavy (non-hydrogen) atoms. The summed E-state index contributed by atoms with van der Waals surface area (Å²) in [5.74, 6) is 0.890. The molecular weight excluding hydrogens is 617 g/mol. The first-order valence-corrected chi connectivity index (χ1v) is 17.5. The molecule has 0 aliphatic heterocycles. The minimum absolute atomic E-state index is 0.890. The first kappa shape index (κ1) is 29.2. The molecule has 0 aliphatic rings. The van der Waals surface area contributed by atoms with Gasteiger partial charge in [-0.1, -0.05) is 176 Å². The Kier molecular flexibility index (Phi) is 6.89. The van der Waals surface area contributed by atoms with Crippen molar-refractivity contribution in [2.75, 3.05) is 0 Å². The summed E-state index contributed by atoms with van der Waals surface area (Å²) < 4.78 is 6.19. The summed E-state index contributed by atoms with van der Waals surface area (Å²) in [7, 11) is 0. The second kappa shape index (κ2) is 12.0. The van der Waals surface area contributed by atoms with E-state index in [0.29, 0.717) is 0 Å². The third kappa shape index (κ3) is 5.02. The Morgan fingerprint density at radius 3 is 1.39 bits per heavy atom. The van der Waals surface area contributed by atoms with Crippen molar-refractivity contribution in [3.8, 4) is 55.8 Å². The van der Waals surface area contributed by atoms with Crippen molar-refractivity contribution in [1.82, 2.24) is 0 Å². The van der Waals surface area contributed by atoms with Gasteiger partial charge in [0.2, 0.25) is 0 Å². The summed E-state index contributed by atoms with van der Waals surface area (Å²) in [4.78, 5) is 0. The fourth-order valence-electron chi connectivity index (χ4n) is 7.84. The predicted molar refractivity (Wildman–Crippen MR) is 216 cm³/mol. The average Bonchev–Trinajstić information content (AvgIpc) is 3.64. The Balaban J connectivity index is 1.06. The molecule has 0 saturated heterocycles. The van der Waals surface area contributed by atoms with Crippen LogP contribution in [-0.4, -0.2) is 0 Å². The molecule has 10 aromatic rings. The highest BCUT2D eigenvalue weighted by molar-refractivity contribution is 6.21.